The molecular weight excluding hydrogens is 260 g/mol. The zero-order valence-corrected chi connectivity index (χ0v) is 10.5. The Bertz CT molecular complexity index is 609. The van der Waals surface area contributed by atoms with Crippen molar-refractivity contribution < 1.29 is 14.7 Å². The van der Waals surface area contributed by atoms with Crippen molar-refractivity contribution in [1.82, 2.24) is 15.5 Å². The lowest BCUT2D eigenvalue weighted by Crippen LogP contribution is -2.40. The smallest absolute Gasteiger partial charge is 0.255 e. The van der Waals surface area contributed by atoms with Crippen molar-refractivity contribution >= 4 is 11.8 Å². The van der Waals surface area contributed by atoms with Gasteiger partial charge in [0.05, 0.1) is 24.0 Å². The second-order valence-electron chi connectivity index (χ2n) is 4.15. The summed E-state index contributed by atoms with van der Waals surface area (Å²) in [4.78, 5) is 22.7. The van der Waals surface area contributed by atoms with Crippen LogP contribution in [0.3, 0.4) is 0 Å². The lowest BCUT2D eigenvalue weighted by Gasteiger charge is -2.08. The van der Waals surface area contributed by atoms with Gasteiger partial charge in [0.25, 0.3) is 5.91 Å². The molecule has 7 nitrogen and oxygen atoms in total. The van der Waals surface area contributed by atoms with Gasteiger partial charge < -0.3 is 16.2 Å². The molecular formula is C13H14N4O3. The van der Waals surface area contributed by atoms with Crippen LogP contribution in [0.4, 0.5) is 0 Å². The van der Waals surface area contributed by atoms with Crippen LogP contribution in [-0.4, -0.2) is 39.8 Å². The van der Waals surface area contributed by atoms with Crippen LogP contribution in [-0.2, 0) is 4.79 Å². The van der Waals surface area contributed by atoms with Crippen LogP contribution in [0.15, 0.2) is 36.5 Å². The zero-order chi connectivity index (χ0) is 14.5. The van der Waals surface area contributed by atoms with Gasteiger partial charge >= 0.3 is 0 Å². The molecule has 0 saturated carbocycles. The number of carbonyl (C=O) groups is 2. The van der Waals surface area contributed by atoms with Crippen molar-refractivity contribution in [1.29, 1.82) is 0 Å². The molecule has 7 heteroatoms. The summed E-state index contributed by atoms with van der Waals surface area (Å²) in [7, 11) is 0. The number of rotatable bonds is 5. The zero-order valence-electron chi connectivity index (χ0n) is 10.5. The van der Waals surface area contributed by atoms with Gasteiger partial charge in [0.2, 0.25) is 5.91 Å². The van der Waals surface area contributed by atoms with E-state index in [0.29, 0.717) is 11.3 Å². The van der Waals surface area contributed by atoms with Gasteiger partial charge in [0.15, 0.2) is 0 Å². The van der Waals surface area contributed by atoms with E-state index in [1.165, 1.54) is 6.20 Å². The molecule has 2 amide bonds. The summed E-state index contributed by atoms with van der Waals surface area (Å²) < 4.78 is 0. The topological polar surface area (TPSA) is 121 Å². The molecule has 0 aliphatic heterocycles. The quantitative estimate of drug-likeness (QED) is 0.595. The van der Waals surface area contributed by atoms with Crippen molar-refractivity contribution in [2.75, 3.05) is 6.54 Å². The van der Waals surface area contributed by atoms with Gasteiger partial charge in [-0.3, -0.25) is 14.7 Å². The minimum absolute atomic E-state index is 0.242. The highest BCUT2D eigenvalue weighted by Crippen LogP contribution is 2.20. The first-order valence-corrected chi connectivity index (χ1v) is 5.94. The predicted octanol–water partition coefficient (Wildman–Crippen LogP) is -0.347. The molecule has 0 spiro atoms. The van der Waals surface area contributed by atoms with E-state index in [0.717, 1.165) is 5.56 Å². The number of aliphatic hydroxyl groups excluding tert-OH is 1. The summed E-state index contributed by atoms with van der Waals surface area (Å²) in [5, 5.41) is 18.3. The highest BCUT2D eigenvalue weighted by molar-refractivity contribution is 5.99. The molecule has 1 aromatic carbocycles. The molecule has 1 aromatic heterocycles. The van der Waals surface area contributed by atoms with Gasteiger partial charge in [-0.25, -0.2) is 0 Å². The van der Waals surface area contributed by atoms with Gasteiger partial charge in [0, 0.05) is 5.56 Å². The highest BCUT2D eigenvalue weighted by Gasteiger charge is 2.17. The third-order valence-electron chi connectivity index (χ3n) is 2.73. The number of H-pyrrole nitrogens is 1. The molecule has 0 radical (unpaired) electrons. The van der Waals surface area contributed by atoms with E-state index in [4.69, 9.17) is 5.73 Å². The van der Waals surface area contributed by atoms with Crippen molar-refractivity contribution in [3.63, 3.8) is 0 Å². The molecule has 1 heterocycles. The Labute approximate surface area is 114 Å². The van der Waals surface area contributed by atoms with Crippen LogP contribution in [0, 0.1) is 0 Å². The molecule has 2 aromatic rings. The summed E-state index contributed by atoms with van der Waals surface area (Å²) in [6.07, 6.45) is -0.0278. The van der Waals surface area contributed by atoms with E-state index in [2.05, 4.69) is 15.5 Å². The fraction of sp³-hybridized carbons (Fsp3) is 0.154. The minimum atomic E-state index is -1.41. The van der Waals surface area contributed by atoms with Crippen LogP contribution in [0.2, 0.25) is 0 Å². The highest BCUT2D eigenvalue weighted by atomic mass is 16.3. The van der Waals surface area contributed by atoms with Crippen LogP contribution >= 0.6 is 0 Å². The second kappa shape index (κ2) is 5.98. The van der Waals surface area contributed by atoms with Crippen LogP contribution in [0.1, 0.15) is 10.4 Å². The van der Waals surface area contributed by atoms with E-state index in [-0.39, 0.29) is 6.54 Å². The van der Waals surface area contributed by atoms with E-state index in [1.54, 1.807) is 0 Å². The number of nitrogens with one attached hydrogen (secondary N) is 2. The monoisotopic (exact) mass is 274 g/mol. The summed E-state index contributed by atoms with van der Waals surface area (Å²) >= 11 is 0. The number of hydrogen-bond donors (Lipinski definition) is 4. The van der Waals surface area contributed by atoms with Crippen LogP contribution < -0.4 is 11.1 Å². The number of primary amides is 1. The Balaban J connectivity index is 2.12. The Morgan fingerprint density at radius 3 is 2.70 bits per heavy atom. The largest absolute Gasteiger partial charge is 0.381 e. The summed E-state index contributed by atoms with van der Waals surface area (Å²) in [6, 6.07) is 9.22. The van der Waals surface area contributed by atoms with Crippen molar-refractivity contribution in [2.24, 2.45) is 5.73 Å². The fourth-order valence-corrected chi connectivity index (χ4v) is 1.67. The van der Waals surface area contributed by atoms with Crippen molar-refractivity contribution in [2.45, 2.75) is 6.10 Å². The van der Waals surface area contributed by atoms with Crippen LogP contribution in [0.5, 0.6) is 0 Å². The van der Waals surface area contributed by atoms with E-state index in [1.807, 2.05) is 30.3 Å². The SMILES string of the molecule is NC(=O)C(O)CNC(=O)c1cn[nH]c1-c1ccccc1. The van der Waals surface area contributed by atoms with Gasteiger partial charge in [0.1, 0.15) is 6.10 Å². The molecule has 1 atom stereocenters. The third-order valence-corrected chi connectivity index (χ3v) is 2.73. The lowest BCUT2D eigenvalue weighted by molar-refractivity contribution is -0.125. The first-order valence-electron chi connectivity index (χ1n) is 5.94. The summed E-state index contributed by atoms with van der Waals surface area (Å²) in [6.45, 7) is -0.242. The van der Waals surface area contributed by atoms with Crippen molar-refractivity contribution in [3.05, 3.63) is 42.1 Å². The fourth-order valence-electron chi connectivity index (χ4n) is 1.67. The number of aliphatic hydroxyl groups is 1. The van der Waals surface area contributed by atoms with Gasteiger partial charge in [-0.1, -0.05) is 30.3 Å². The van der Waals surface area contributed by atoms with E-state index in [9.17, 15) is 14.7 Å². The number of benzene rings is 1. The Morgan fingerprint density at radius 2 is 2.05 bits per heavy atom. The first kappa shape index (κ1) is 13.8. The molecule has 0 aliphatic rings. The number of hydrogen-bond acceptors (Lipinski definition) is 4. The normalized spacial score (nSPS) is 11.8. The number of carbonyl (C=O) groups excluding carboxylic acids is 2. The summed E-state index contributed by atoms with van der Waals surface area (Å²) in [5.74, 6) is -1.33. The maximum absolute atomic E-state index is 12.0. The molecule has 2 rings (SSSR count). The molecule has 20 heavy (non-hydrogen) atoms. The van der Waals surface area contributed by atoms with Crippen molar-refractivity contribution in [3.8, 4) is 11.3 Å². The average Bonchev–Trinajstić information content (AvgIpc) is 2.94. The molecule has 0 fully saturated rings. The molecule has 0 aliphatic carbocycles. The minimum Gasteiger partial charge on any atom is -0.381 e. The number of aromatic nitrogens is 2. The lowest BCUT2D eigenvalue weighted by atomic mass is 10.1. The van der Waals surface area contributed by atoms with E-state index < -0.39 is 17.9 Å². The third kappa shape index (κ3) is 3.01. The average molecular weight is 274 g/mol. The number of amides is 2. The number of nitrogens with two attached hydrogens (primary N) is 1. The molecule has 0 bridgehead atoms. The Kier molecular flexibility index (Phi) is 4.11. The maximum Gasteiger partial charge on any atom is 0.255 e. The number of nitrogens with zero attached hydrogens (tertiary/aromatic N) is 1. The molecule has 5 N–H and O–H groups in total. The van der Waals surface area contributed by atoms with Crippen LogP contribution in [0.25, 0.3) is 11.3 Å². The number of aromatic amines is 1. The first-order chi connectivity index (χ1) is 9.59. The predicted molar refractivity (Wildman–Crippen MR) is 71.6 cm³/mol. The maximum atomic E-state index is 12.0. The van der Waals surface area contributed by atoms with Gasteiger partial charge in [-0.15, -0.1) is 0 Å². The van der Waals surface area contributed by atoms with Gasteiger partial charge in [-0.05, 0) is 0 Å². The molecule has 104 valence electrons. The van der Waals surface area contributed by atoms with E-state index >= 15 is 0 Å². The molecule has 1 unspecified atom stereocenters. The van der Waals surface area contributed by atoms with Gasteiger partial charge in [-0.2, -0.15) is 5.10 Å². The standard InChI is InChI=1S/C13H14N4O3/c14-12(19)10(18)7-15-13(20)9-6-16-17-11(9)8-4-2-1-3-5-8/h1-6,10,18H,7H2,(H2,14,19)(H,15,20)(H,16,17). The Hall–Kier alpha value is -2.67. The molecule has 0 saturated heterocycles. The Morgan fingerprint density at radius 1 is 1.35 bits per heavy atom. The second-order valence-corrected chi connectivity index (χ2v) is 4.15. The summed E-state index contributed by atoms with van der Waals surface area (Å²) in [5.41, 5.74) is 6.61.